The molecule has 0 bridgehead atoms. The molecule has 2 aromatic carbocycles. The summed E-state index contributed by atoms with van der Waals surface area (Å²) in [6.45, 7) is 0. The first kappa shape index (κ1) is 15.9. The molecule has 2 aromatic rings. The third-order valence-corrected chi connectivity index (χ3v) is 4.22. The van der Waals surface area contributed by atoms with Crippen LogP contribution < -0.4 is 10.0 Å². The third-order valence-electron chi connectivity index (χ3n) is 2.85. The van der Waals surface area contributed by atoms with Gasteiger partial charge >= 0.3 is 0 Å². The first-order valence-corrected chi connectivity index (χ1v) is 7.62. The number of benzene rings is 2. The van der Waals surface area contributed by atoms with Gasteiger partial charge in [0.2, 0.25) is 0 Å². The monoisotopic (exact) mass is 326 g/mol. The standard InChI is InChI=1S/C14H12F2N2O3S/c1-17-14(19)9-5-7-10(8-6-9)22(20,21)18-13-11(15)3-2-4-12(13)16/h2-8,18H,1H3,(H,17,19). The van der Waals surface area contributed by atoms with Crippen molar-refractivity contribution in [1.29, 1.82) is 0 Å². The maximum atomic E-state index is 13.5. The van der Waals surface area contributed by atoms with Crippen LogP contribution in [0.25, 0.3) is 0 Å². The zero-order valence-electron chi connectivity index (χ0n) is 11.4. The van der Waals surface area contributed by atoms with E-state index in [-0.39, 0.29) is 16.4 Å². The van der Waals surface area contributed by atoms with Crippen molar-refractivity contribution >= 4 is 21.6 Å². The number of anilines is 1. The zero-order chi connectivity index (χ0) is 16.3. The van der Waals surface area contributed by atoms with Crippen LogP contribution in [0.5, 0.6) is 0 Å². The van der Waals surface area contributed by atoms with Crippen LogP contribution >= 0.6 is 0 Å². The molecule has 116 valence electrons. The maximum Gasteiger partial charge on any atom is 0.262 e. The second-order valence-corrected chi connectivity index (χ2v) is 5.99. The van der Waals surface area contributed by atoms with Crippen LogP contribution in [-0.4, -0.2) is 21.4 Å². The topological polar surface area (TPSA) is 75.3 Å². The van der Waals surface area contributed by atoms with E-state index in [0.29, 0.717) is 0 Å². The van der Waals surface area contributed by atoms with Crippen molar-refractivity contribution in [2.45, 2.75) is 4.90 Å². The molecule has 22 heavy (non-hydrogen) atoms. The molecule has 0 aromatic heterocycles. The largest absolute Gasteiger partial charge is 0.355 e. The lowest BCUT2D eigenvalue weighted by Gasteiger charge is -2.10. The van der Waals surface area contributed by atoms with Gasteiger partial charge in [-0.15, -0.1) is 0 Å². The summed E-state index contributed by atoms with van der Waals surface area (Å²) in [5.74, 6) is -2.42. The van der Waals surface area contributed by atoms with Crippen molar-refractivity contribution in [3.8, 4) is 0 Å². The van der Waals surface area contributed by atoms with E-state index in [0.717, 1.165) is 18.2 Å². The number of sulfonamides is 1. The van der Waals surface area contributed by atoms with Crippen molar-refractivity contribution in [2.24, 2.45) is 0 Å². The van der Waals surface area contributed by atoms with E-state index in [4.69, 9.17) is 0 Å². The molecule has 1 amide bonds. The first-order chi connectivity index (χ1) is 10.3. The van der Waals surface area contributed by atoms with Crippen LogP contribution in [0.3, 0.4) is 0 Å². The van der Waals surface area contributed by atoms with Crippen LogP contribution in [0.2, 0.25) is 0 Å². The summed E-state index contributed by atoms with van der Waals surface area (Å²) in [5, 5.41) is 2.39. The van der Waals surface area contributed by atoms with E-state index in [2.05, 4.69) is 5.32 Å². The van der Waals surface area contributed by atoms with Gasteiger partial charge in [-0.1, -0.05) is 6.07 Å². The number of carbonyl (C=O) groups is 1. The molecule has 0 aliphatic heterocycles. The Kier molecular flexibility index (Phi) is 4.41. The molecule has 0 saturated carbocycles. The summed E-state index contributed by atoms with van der Waals surface area (Å²) in [7, 11) is -2.73. The van der Waals surface area contributed by atoms with Crippen molar-refractivity contribution in [1.82, 2.24) is 5.32 Å². The van der Waals surface area contributed by atoms with Crippen molar-refractivity contribution in [3.63, 3.8) is 0 Å². The summed E-state index contributed by atoms with van der Waals surface area (Å²) < 4.78 is 53.1. The molecular formula is C14H12F2N2O3S. The van der Waals surface area contributed by atoms with Crippen LogP contribution in [0, 0.1) is 11.6 Å². The van der Waals surface area contributed by atoms with Crippen molar-refractivity contribution in [2.75, 3.05) is 11.8 Å². The molecule has 0 fully saturated rings. The van der Waals surface area contributed by atoms with Gasteiger partial charge in [-0.2, -0.15) is 0 Å². The zero-order valence-corrected chi connectivity index (χ0v) is 12.2. The molecule has 0 aliphatic carbocycles. The summed E-state index contributed by atoms with van der Waals surface area (Å²) >= 11 is 0. The summed E-state index contributed by atoms with van der Waals surface area (Å²) in [6, 6.07) is 7.94. The van der Waals surface area contributed by atoms with Crippen LogP contribution in [0.4, 0.5) is 14.5 Å². The van der Waals surface area contributed by atoms with Crippen LogP contribution in [-0.2, 0) is 10.0 Å². The fourth-order valence-corrected chi connectivity index (χ4v) is 2.79. The molecule has 2 N–H and O–H groups in total. The smallest absolute Gasteiger partial charge is 0.262 e. The minimum Gasteiger partial charge on any atom is -0.355 e. The predicted octanol–water partition coefficient (Wildman–Crippen LogP) is 2.13. The SMILES string of the molecule is CNC(=O)c1ccc(S(=O)(=O)Nc2c(F)cccc2F)cc1. The highest BCUT2D eigenvalue weighted by molar-refractivity contribution is 7.92. The number of carbonyl (C=O) groups excluding carboxylic acids is 1. The molecule has 8 heteroatoms. The van der Waals surface area contributed by atoms with Gasteiger partial charge in [-0.25, -0.2) is 17.2 Å². The maximum absolute atomic E-state index is 13.5. The molecule has 2 rings (SSSR count). The second kappa shape index (κ2) is 6.10. The summed E-state index contributed by atoms with van der Waals surface area (Å²) in [5.41, 5.74) is -0.489. The number of hydrogen-bond acceptors (Lipinski definition) is 3. The molecule has 0 radical (unpaired) electrons. The Morgan fingerprint density at radius 1 is 1.00 bits per heavy atom. The lowest BCUT2D eigenvalue weighted by Crippen LogP contribution is -2.18. The molecule has 0 spiro atoms. The number of nitrogens with one attached hydrogen (secondary N) is 2. The number of amides is 1. The normalized spacial score (nSPS) is 11.0. The van der Waals surface area contributed by atoms with Gasteiger partial charge in [0.05, 0.1) is 4.90 Å². The highest BCUT2D eigenvalue weighted by atomic mass is 32.2. The molecule has 0 unspecified atom stereocenters. The van der Waals surface area contributed by atoms with Gasteiger partial charge in [0, 0.05) is 12.6 Å². The van der Waals surface area contributed by atoms with E-state index in [1.54, 1.807) is 0 Å². The molecule has 5 nitrogen and oxygen atoms in total. The van der Waals surface area contributed by atoms with Gasteiger partial charge in [0.25, 0.3) is 15.9 Å². The van der Waals surface area contributed by atoms with E-state index >= 15 is 0 Å². The first-order valence-electron chi connectivity index (χ1n) is 6.14. The van der Waals surface area contributed by atoms with Gasteiger partial charge < -0.3 is 5.32 Å². The minimum atomic E-state index is -4.17. The third kappa shape index (κ3) is 3.22. The minimum absolute atomic E-state index is 0.220. The summed E-state index contributed by atoms with van der Waals surface area (Å²) in [4.78, 5) is 11.2. The lowest BCUT2D eigenvalue weighted by molar-refractivity contribution is 0.0963. The quantitative estimate of drug-likeness (QED) is 0.904. The Balaban J connectivity index is 2.33. The van der Waals surface area contributed by atoms with E-state index in [1.165, 1.54) is 31.3 Å². The van der Waals surface area contributed by atoms with E-state index in [9.17, 15) is 22.0 Å². The Labute approximate surface area is 126 Å². The number of rotatable bonds is 4. The van der Waals surface area contributed by atoms with Gasteiger partial charge in [-0.05, 0) is 36.4 Å². The molecule has 0 atom stereocenters. The molecule has 0 aliphatic rings. The number of para-hydroxylation sites is 1. The Bertz CT molecular complexity index is 785. The second-order valence-electron chi connectivity index (χ2n) is 4.31. The highest BCUT2D eigenvalue weighted by Crippen LogP contribution is 2.22. The van der Waals surface area contributed by atoms with Crippen LogP contribution in [0.15, 0.2) is 47.4 Å². The van der Waals surface area contributed by atoms with E-state index < -0.39 is 27.3 Å². The number of hydrogen-bond donors (Lipinski definition) is 2. The fraction of sp³-hybridized carbons (Fsp3) is 0.0714. The summed E-state index contributed by atoms with van der Waals surface area (Å²) in [6.07, 6.45) is 0. The Hall–Kier alpha value is -2.48. The average Bonchev–Trinajstić information content (AvgIpc) is 2.50. The van der Waals surface area contributed by atoms with Gasteiger partial charge in [0.15, 0.2) is 0 Å². The van der Waals surface area contributed by atoms with Gasteiger partial charge in [-0.3, -0.25) is 9.52 Å². The Morgan fingerprint density at radius 3 is 2.05 bits per heavy atom. The fourth-order valence-electron chi connectivity index (χ4n) is 1.72. The van der Waals surface area contributed by atoms with Crippen molar-refractivity contribution in [3.05, 3.63) is 59.7 Å². The van der Waals surface area contributed by atoms with Gasteiger partial charge in [0.1, 0.15) is 17.3 Å². The predicted molar refractivity (Wildman–Crippen MR) is 77.0 cm³/mol. The number of halogens is 2. The van der Waals surface area contributed by atoms with Crippen LogP contribution in [0.1, 0.15) is 10.4 Å². The lowest BCUT2D eigenvalue weighted by atomic mass is 10.2. The Morgan fingerprint density at radius 2 is 1.55 bits per heavy atom. The highest BCUT2D eigenvalue weighted by Gasteiger charge is 2.19. The van der Waals surface area contributed by atoms with E-state index in [1.807, 2.05) is 4.72 Å². The molecule has 0 saturated heterocycles. The average molecular weight is 326 g/mol. The van der Waals surface area contributed by atoms with Crippen molar-refractivity contribution < 1.29 is 22.0 Å². The molecular weight excluding hydrogens is 314 g/mol. The molecule has 0 heterocycles.